The number of rotatable bonds is 2. The molecule has 1 saturated heterocycles. The molecule has 1 aliphatic heterocycles. The number of ether oxygens (including phenoxy) is 1. The molecule has 0 radical (unpaired) electrons. The van der Waals surface area contributed by atoms with Gasteiger partial charge < -0.3 is 30.3 Å². The van der Waals surface area contributed by atoms with Gasteiger partial charge >= 0.3 is 0 Å². The second kappa shape index (κ2) is 4.05. The van der Waals surface area contributed by atoms with Crippen molar-refractivity contribution in [3.63, 3.8) is 0 Å². The molecule has 5 atom stereocenters. The van der Waals surface area contributed by atoms with E-state index < -0.39 is 43.5 Å². The Morgan fingerprint density at radius 3 is 2.21 bits per heavy atom. The number of aliphatic hydroxyl groups excluding tert-OH is 4. The maximum Gasteiger partial charge on any atom is 0.224 e. The average molecular weight is 212 g/mol. The Balaban J connectivity index is 2.84. The minimum absolute atomic E-state index is 0.701. The van der Waals surface area contributed by atoms with Crippen molar-refractivity contribution in [3.05, 3.63) is 0 Å². The summed E-state index contributed by atoms with van der Waals surface area (Å²) in [6.45, 7) is -2.15. The van der Waals surface area contributed by atoms with Gasteiger partial charge in [-0.2, -0.15) is 0 Å². The smallest absolute Gasteiger partial charge is 0.224 e. The average Bonchev–Trinajstić information content (AvgIpc) is 2.20. The quantitative estimate of drug-likeness (QED) is 0.336. The number of aliphatic hydroxyl groups is 5. The lowest BCUT2D eigenvalue weighted by Crippen LogP contribution is -2.66. The molecule has 14 heavy (non-hydrogen) atoms. The molecule has 6 nitrogen and oxygen atoms in total. The fraction of sp³-hybridized carbons (Fsp3) is 1.00. The molecule has 1 aliphatic rings. The summed E-state index contributed by atoms with van der Waals surface area (Å²) in [4.78, 5) is 0. The maximum atomic E-state index is 12.3. The van der Waals surface area contributed by atoms with E-state index in [1.165, 1.54) is 0 Å². The molecule has 0 aromatic rings. The van der Waals surface area contributed by atoms with Crippen LogP contribution in [-0.2, 0) is 4.74 Å². The molecule has 0 saturated carbocycles. The Bertz CT molecular complexity index is 201. The lowest BCUT2D eigenvalue weighted by atomic mass is 9.93. The van der Waals surface area contributed by atoms with E-state index in [9.17, 15) is 24.8 Å². The van der Waals surface area contributed by atoms with Crippen molar-refractivity contribution < 1.29 is 34.7 Å². The first-order chi connectivity index (χ1) is 6.46. The van der Waals surface area contributed by atoms with Crippen molar-refractivity contribution in [2.24, 2.45) is 0 Å². The zero-order chi connectivity index (χ0) is 10.9. The summed E-state index contributed by atoms with van der Waals surface area (Å²) in [5.41, 5.74) is 0. The summed E-state index contributed by atoms with van der Waals surface area (Å²) >= 11 is 0. The molecule has 84 valence electrons. The molecule has 0 aromatic heterocycles. The van der Waals surface area contributed by atoms with Crippen molar-refractivity contribution >= 4 is 0 Å². The largest absolute Gasteiger partial charge is 0.394 e. The van der Waals surface area contributed by atoms with Gasteiger partial charge in [0.1, 0.15) is 31.1 Å². The Kier molecular flexibility index (Phi) is 3.40. The van der Waals surface area contributed by atoms with E-state index in [-0.39, 0.29) is 0 Å². The highest BCUT2D eigenvalue weighted by Gasteiger charge is 2.52. The molecular formula is C7H13FO6. The molecule has 0 spiro atoms. The third-order valence-electron chi connectivity index (χ3n) is 2.24. The second-order valence-electron chi connectivity index (χ2n) is 3.24. The standard InChI is InChI=1S/C7H13FO6/c8-2-7(13)6(12)5(11)4(10)3(1-9)14-7/h3-6,9-13H,1-2H2/t3?,4-,5-,6?,7-/m0/s1. The number of alkyl halides is 1. The minimum atomic E-state index is -2.58. The predicted molar refractivity (Wildman–Crippen MR) is 40.9 cm³/mol. The van der Waals surface area contributed by atoms with Crippen LogP contribution in [0.2, 0.25) is 0 Å². The molecular weight excluding hydrogens is 199 g/mol. The van der Waals surface area contributed by atoms with E-state index in [4.69, 9.17) is 5.11 Å². The third kappa shape index (κ3) is 1.74. The van der Waals surface area contributed by atoms with Crippen LogP contribution in [0.25, 0.3) is 0 Å². The van der Waals surface area contributed by atoms with Crippen molar-refractivity contribution in [2.45, 2.75) is 30.2 Å². The van der Waals surface area contributed by atoms with Crippen molar-refractivity contribution in [3.8, 4) is 0 Å². The van der Waals surface area contributed by atoms with Crippen LogP contribution in [0.3, 0.4) is 0 Å². The van der Waals surface area contributed by atoms with Gasteiger partial charge in [-0.25, -0.2) is 4.39 Å². The normalized spacial score (nSPS) is 49.3. The monoisotopic (exact) mass is 212 g/mol. The lowest BCUT2D eigenvalue weighted by Gasteiger charge is -2.43. The molecule has 5 N–H and O–H groups in total. The number of halogens is 1. The highest BCUT2D eigenvalue weighted by molar-refractivity contribution is 4.95. The van der Waals surface area contributed by atoms with Gasteiger partial charge in [-0.3, -0.25) is 0 Å². The predicted octanol–water partition coefficient (Wildman–Crippen LogP) is -2.88. The Morgan fingerprint density at radius 1 is 1.21 bits per heavy atom. The molecule has 0 bridgehead atoms. The van der Waals surface area contributed by atoms with E-state index in [0.29, 0.717) is 0 Å². The summed E-state index contributed by atoms with van der Waals surface area (Å²) < 4.78 is 16.9. The maximum absolute atomic E-state index is 12.3. The van der Waals surface area contributed by atoms with Crippen molar-refractivity contribution in [1.82, 2.24) is 0 Å². The molecule has 1 fully saturated rings. The molecule has 0 aromatic carbocycles. The molecule has 0 aliphatic carbocycles. The SMILES string of the molecule is OCC1O[C@@](O)(CF)C(O)[C@@H](O)[C@H]1O. The first kappa shape index (κ1) is 11.8. The van der Waals surface area contributed by atoms with Crippen LogP contribution in [0.1, 0.15) is 0 Å². The minimum Gasteiger partial charge on any atom is -0.394 e. The fourth-order valence-electron chi connectivity index (χ4n) is 1.33. The first-order valence-corrected chi connectivity index (χ1v) is 4.07. The lowest BCUT2D eigenvalue weighted by molar-refractivity contribution is -0.352. The van der Waals surface area contributed by atoms with Crippen molar-refractivity contribution in [1.29, 1.82) is 0 Å². The zero-order valence-electron chi connectivity index (χ0n) is 7.25. The van der Waals surface area contributed by atoms with E-state index in [2.05, 4.69) is 4.74 Å². The number of hydrogen-bond acceptors (Lipinski definition) is 6. The van der Waals surface area contributed by atoms with E-state index in [0.717, 1.165) is 0 Å². The van der Waals surface area contributed by atoms with E-state index in [1.54, 1.807) is 0 Å². The van der Waals surface area contributed by atoms with Gasteiger partial charge in [-0.1, -0.05) is 0 Å². The van der Waals surface area contributed by atoms with Gasteiger partial charge in [0.15, 0.2) is 0 Å². The molecule has 0 amide bonds. The van der Waals surface area contributed by atoms with Crippen LogP contribution in [0, 0.1) is 0 Å². The summed E-state index contributed by atoms with van der Waals surface area (Å²) in [5, 5.41) is 45.6. The highest BCUT2D eigenvalue weighted by atomic mass is 19.1. The van der Waals surface area contributed by atoms with Gasteiger partial charge in [0.25, 0.3) is 0 Å². The Labute approximate surface area is 79.2 Å². The van der Waals surface area contributed by atoms with Gasteiger partial charge in [-0.15, -0.1) is 0 Å². The van der Waals surface area contributed by atoms with Gasteiger partial charge in [0.2, 0.25) is 5.79 Å². The van der Waals surface area contributed by atoms with Crippen LogP contribution >= 0.6 is 0 Å². The fourth-order valence-corrected chi connectivity index (χ4v) is 1.33. The molecule has 7 heteroatoms. The zero-order valence-corrected chi connectivity index (χ0v) is 7.25. The molecule has 1 heterocycles. The van der Waals surface area contributed by atoms with E-state index >= 15 is 0 Å². The summed E-state index contributed by atoms with van der Waals surface area (Å²) in [6, 6.07) is 0. The van der Waals surface area contributed by atoms with Gasteiger partial charge in [0.05, 0.1) is 6.61 Å². The summed E-state index contributed by atoms with van der Waals surface area (Å²) in [7, 11) is 0. The van der Waals surface area contributed by atoms with Crippen LogP contribution in [0.4, 0.5) is 4.39 Å². The second-order valence-corrected chi connectivity index (χ2v) is 3.24. The van der Waals surface area contributed by atoms with Gasteiger partial charge in [-0.05, 0) is 0 Å². The summed E-state index contributed by atoms with van der Waals surface area (Å²) in [5.74, 6) is -2.58. The summed E-state index contributed by atoms with van der Waals surface area (Å²) in [6.07, 6.45) is -6.61. The first-order valence-electron chi connectivity index (χ1n) is 4.07. The topological polar surface area (TPSA) is 110 Å². The third-order valence-corrected chi connectivity index (χ3v) is 2.24. The van der Waals surface area contributed by atoms with Gasteiger partial charge in [0, 0.05) is 0 Å². The van der Waals surface area contributed by atoms with Crippen LogP contribution < -0.4 is 0 Å². The van der Waals surface area contributed by atoms with Crippen LogP contribution in [0.5, 0.6) is 0 Å². The Morgan fingerprint density at radius 2 is 1.79 bits per heavy atom. The highest BCUT2D eigenvalue weighted by Crippen LogP contribution is 2.28. The van der Waals surface area contributed by atoms with E-state index in [1.807, 2.05) is 0 Å². The number of hydrogen-bond donors (Lipinski definition) is 5. The van der Waals surface area contributed by atoms with Crippen molar-refractivity contribution in [2.75, 3.05) is 13.3 Å². The molecule has 1 rings (SSSR count). The molecule has 2 unspecified atom stereocenters. The van der Waals surface area contributed by atoms with Crippen LogP contribution in [-0.4, -0.2) is 69.0 Å². The van der Waals surface area contributed by atoms with Crippen LogP contribution in [0.15, 0.2) is 0 Å². The Hall–Kier alpha value is -0.310.